The van der Waals surface area contributed by atoms with Gasteiger partial charge in [-0.3, -0.25) is 9.78 Å². The van der Waals surface area contributed by atoms with E-state index >= 15 is 0 Å². The summed E-state index contributed by atoms with van der Waals surface area (Å²) in [6, 6.07) is 2.17. The van der Waals surface area contributed by atoms with Crippen LogP contribution in [0.2, 0.25) is 0 Å². The van der Waals surface area contributed by atoms with Gasteiger partial charge < -0.3 is 10.1 Å². The van der Waals surface area contributed by atoms with Crippen molar-refractivity contribution in [2.24, 2.45) is 0 Å². The average Bonchev–Trinajstić information content (AvgIpc) is 3.04. The Morgan fingerprint density at radius 3 is 3.16 bits per heavy atom. The molecule has 3 rings (SSSR count). The molecule has 0 aromatic carbocycles. The predicted octanol–water partition coefficient (Wildman–Crippen LogP) is 1.76. The SMILES string of the molecule is CC1(C(=O)NCc2cnc3c(c2)CCC3)CCCO1. The molecule has 1 saturated heterocycles. The quantitative estimate of drug-likeness (QED) is 0.901. The molecule has 1 amide bonds. The summed E-state index contributed by atoms with van der Waals surface area (Å²) in [5.41, 5.74) is 3.01. The Kier molecular flexibility index (Phi) is 3.27. The van der Waals surface area contributed by atoms with Crippen molar-refractivity contribution in [3.63, 3.8) is 0 Å². The number of fused-ring (bicyclic) bond motifs is 1. The first-order chi connectivity index (χ1) is 9.17. The molecule has 0 bridgehead atoms. The lowest BCUT2D eigenvalue weighted by molar-refractivity contribution is -0.139. The lowest BCUT2D eigenvalue weighted by Crippen LogP contribution is -2.43. The van der Waals surface area contributed by atoms with Gasteiger partial charge in [0.1, 0.15) is 5.60 Å². The topological polar surface area (TPSA) is 51.2 Å². The number of nitrogens with one attached hydrogen (secondary N) is 1. The summed E-state index contributed by atoms with van der Waals surface area (Å²) >= 11 is 0. The van der Waals surface area contributed by atoms with Gasteiger partial charge in [-0.05, 0) is 50.2 Å². The number of carbonyl (C=O) groups is 1. The van der Waals surface area contributed by atoms with Crippen LogP contribution in [0.3, 0.4) is 0 Å². The van der Waals surface area contributed by atoms with Crippen molar-refractivity contribution in [1.82, 2.24) is 10.3 Å². The van der Waals surface area contributed by atoms with Gasteiger partial charge in [0.25, 0.3) is 5.91 Å². The van der Waals surface area contributed by atoms with Crippen LogP contribution in [0.5, 0.6) is 0 Å². The van der Waals surface area contributed by atoms with Gasteiger partial charge in [-0.1, -0.05) is 6.07 Å². The summed E-state index contributed by atoms with van der Waals surface area (Å²) in [7, 11) is 0. The van der Waals surface area contributed by atoms with E-state index in [2.05, 4.69) is 16.4 Å². The van der Waals surface area contributed by atoms with Crippen LogP contribution in [0, 0.1) is 0 Å². The average molecular weight is 260 g/mol. The van der Waals surface area contributed by atoms with Crippen molar-refractivity contribution < 1.29 is 9.53 Å². The second-order valence-corrected chi connectivity index (χ2v) is 5.67. The molecule has 2 aliphatic rings. The summed E-state index contributed by atoms with van der Waals surface area (Å²) in [5.74, 6) is -0.00880. The minimum absolute atomic E-state index is 0.00880. The predicted molar refractivity (Wildman–Crippen MR) is 71.7 cm³/mol. The van der Waals surface area contributed by atoms with Gasteiger partial charge >= 0.3 is 0 Å². The summed E-state index contributed by atoms with van der Waals surface area (Å²) in [6.07, 6.45) is 7.05. The maximum atomic E-state index is 12.1. The monoisotopic (exact) mass is 260 g/mol. The van der Waals surface area contributed by atoms with Crippen LogP contribution in [0.4, 0.5) is 0 Å². The number of hydrogen-bond donors (Lipinski definition) is 1. The molecule has 0 saturated carbocycles. The van der Waals surface area contributed by atoms with Crippen molar-refractivity contribution in [2.75, 3.05) is 6.61 Å². The molecule has 1 aromatic rings. The molecular weight excluding hydrogens is 240 g/mol. The zero-order valence-electron chi connectivity index (χ0n) is 11.4. The Bertz CT molecular complexity index is 493. The Hall–Kier alpha value is -1.42. The van der Waals surface area contributed by atoms with E-state index in [1.165, 1.54) is 17.7 Å². The van der Waals surface area contributed by atoms with Crippen LogP contribution < -0.4 is 5.32 Å². The van der Waals surface area contributed by atoms with Gasteiger partial charge in [0.2, 0.25) is 0 Å². The van der Waals surface area contributed by atoms with Crippen LogP contribution in [0.25, 0.3) is 0 Å². The first-order valence-corrected chi connectivity index (χ1v) is 7.06. The molecule has 1 unspecified atom stereocenters. The molecule has 102 valence electrons. The number of nitrogens with zero attached hydrogens (tertiary/aromatic N) is 1. The van der Waals surface area contributed by atoms with Crippen molar-refractivity contribution >= 4 is 5.91 Å². The molecule has 4 nitrogen and oxygen atoms in total. The Morgan fingerprint density at radius 1 is 1.47 bits per heavy atom. The Balaban J connectivity index is 1.61. The minimum atomic E-state index is -0.635. The number of aromatic nitrogens is 1. The molecule has 1 aromatic heterocycles. The van der Waals surface area contributed by atoms with Gasteiger partial charge in [-0.15, -0.1) is 0 Å². The summed E-state index contributed by atoms with van der Waals surface area (Å²) in [6.45, 7) is 3.10. The van der Waals surface area contributed by atoms with E-state index in [0.29, 0.717) is 13.2 Å². The van der Waals surface area contributed by atoms with Gasteiger partial charge in [-0.25, -0.2) is 0 Å². The summed E-state index contributed by atoms with van der Waals surface area (Å²) in [5, 5.41) is 2.97. The van der Waals surface area contributed by atoms with Gasteiger partial charge in [0.05, 0.1) is 0 Å². The lowest BCUT2D eigenvalue weighted by atomic mass is 10.0. The fourth-order valence-corrected chi connectivity index (χ4v) is 2.90. The number of amides is 1. The van der Waals surface area contributed by atoms with Gasteiger partial charge in [-0.2, -0.15) is 0 Å². The van der Waals surface area contributed by atoms with Crippen LogP contribution in [-0.2, 0) is 28.9 Å². The van der Waals surface area contributed by atoms with Crippen LogP contribution in [0.15, 0.2) is 12.3 Å². The van der Waals surface area contributed by atoms with E-state index in [1.54, 1.807) is 0 Å². The van der Waals surface area contributed by atoms with E-state index < -0.39 is 5.60 Å². The number of pyridine rings is 1. The second kappa shape index (κ2) is 4.93. The maximum absolute atomic E-state index is 12.1. The zero-order chi connectivity index (χ0) is 13.3. The van der Waals surface area contributed by atoms with Crippen LogP contribution in [-0.4, -0.2) is 23.1 Å². The minimum Gasteiger partial charge on any atom is -0.365 e. The fraction of sp³-hybridized carbons (Fsp3) is 0.600. The zero-order valence-corrected chi connectivity index (χ0v) is 11.4. The molecule has 1 fully saturated rings. The molecule has 4 heteroatoms. The highest BCUT2D eigenvalue weighted by Crippen LogP contribution is 2.25. The highest BCUT2D eigenvalue weighted by molar-refractivity contribution is 5.84. The van der Waals surface area contributed by atoms with E-state index in [1.807, 2.05) is 13.1 Å². The number of hydrogen-bond acceptors (Lipinski definition) is 3. The van der Waals surface area contributed by atoms with Crippen molar-refractivity contribution in [2.45, 2.75) is 51.2 Å². The smallest absolute Gasteiger partial charge is 0.252 e. The van der Waals surface area contributed by atoms with Crippen molar-refractivity contribution in [1.29, 1.82) is 0 Å². The van der Waals surface area contributed by atoms with Crippen molar-refractivity contribution in [3.05, 3.63) is 29.1 Å². The largest absolute Gasteiger partial charge is 0.365 e. The van der Waals surface area contributed by atoms with E-state index in [0.717, 1.165) is 31.2 Å². The molecule has 1 aliphatic heterocycles. The molecule has 1 aliphatic carbocycles. The number of aryl methyl sites for hydroxylation is 2. The van der Waals surface area contributed by atoms with Gasteiger partial charge in [0.15, 0.2) is 0 Å². The first-order valence-electron chi connectivity index (χ1n) is 7.06. The van der Waals surface area contributed by atoms with E-state index in [-0.39, 0.29) is 5.91 Å². The first kappa shape index (κ1) is 12.6. The molecule has 0 spiro atoms. The van der Waals surface area contributed by atoms with Crippen molar-refractivity contribution in [3.8, 4) is 0 Å². The van der Waals surface area contributed by atoms with E-state index in [4.69, 9.17) is 4.74 Å². The molecule has 1 N–H and O–H groups in total. The third-order valence-electron chi connectivity index (χ3n) is 4.13. The maximum Gasteiger partial charge on any atom is 0.252 e. The number of carbonyl (C=O) groups excluding carboxylic acids is 1. The third kappa shape index (κ3) is 2.50. The summed E-state index contributed by atoms with van der Waals surface area (Å²) in [4.78, 5) is 16.6. The Labute approximate surface area is 113 Å². The Morgan fingerprint density at radius 2 is 2.37 bits per heavy atom. The molecule has 1 atom stereocenters. The number of ether oxygens (including phenoxy) is 1. The normalized spacial score (nSPS) is 25.3. The molecule has 2 heterocycles. The molecule has 19 heavy (non-hydrogen) atoms. The fourth-order valence-electron chi connectivity index (χ4n) is 2.90. The summed E-state index contributed by atoms with van der Waals surface area (Å²) < 4.78 is 5.54. The standard InChI is InChI=1S/C15H20N2O2/c1-15(6-3-7-19-15)14(18)17-10-11-8-12-4-2-5-13(12)16-9-11/h8-9H,2-7,10H2,1H3,(H,17,18). The van der Waals surface area contributed by atoms with Crippen LogP contribution in [0.1, 0.15) is 43.0 Å². The van der Waals surface area contributed by atoms with E-state index in [9.17, 15) is 4.79 Å². The highest BCUT2D eigenvalue weighted by Gasteiger charge is 2.37. The second-order valence-electron chi connectivity index (χ2n) is 5.67. The third-order valence-corrected chi connectivity index (χ3v) is 4.13. The van der Waals surface area contributed by atoms with Crippen LogP contribution >= 0.6 is 0 Å². The lowest BCUT2D eigenvalue weighted by Gasteiger charge is -2.21. The van der Waals surface area contributed by atoms with Gasteiger partial charge in [0, 0.05) is 25.0 Å². The molecular formula is C15H20N2O2. The number of rotatable bonds is 3. The highest BCUT2D eigenvalue weighted by atomic mass is 16.5. The molecule has 0 radical (unpaired) electrons.